The highest BCUT2D eigenvalue weighted by Gasteiger charge is 2.47. The molecule has 46 heavy (non-hydrogen) atoms. The zero-order valence-corrected chi connectivity index (χ0v) is 29.0. The predicted octanol–water partition coefficient (Wildman–Crippen LogP) is 7.79. The van der Waals surface area contributed by atoms with Gasteiger partial charge in [-0.3, -0.25) is 4.79 Å². The highest BCUT2D eigenvalue weighted by Crippen LogP contribution is 2.37. The minimum absolute atomic E-state index is 0.00682. The second kappa shape index (κ2) is 14.7. The Balaban J connectivity index is 2.00. The number of benzene rings is 3. The third-order valence-corrected chi connectivity index (χ3v) is 10.5. The number of hydrogen-bond donors (Lipinski definition) is 1. The zero-order valence-electron chi connectivity index (χ0n) is 25.1. The molecule has 3 aromatic carbocycles. The van der Waals surface area contributed by atoms with Crippen LogP contribution in [0.3, 0.4) is 0 Å². The molecule has 0 aliphatic carbocycles. The van der Waals surface area contributed by atoms with E-state index < -0.39 is 46.8 Å². The first-order valence-electron chi connectivity index (χ1n) is 13.8. The van der Waals surface area contributed by atoms with E-state index >= 15 is 0 Å². The van der Waals surface area contributed by atoms with Crippen molar-refractivity contribution in [3.8, 4) is 5.75 Å². The highest BCUT2D eigenvalue weighted by molar-refractivity contribution is 7.92. The molecule has 0 radical (unpaired) electrons. The van der Waals surface area contributed by atoms with E-state index in [2.05, 4.69) is 0 Å². The Morgan fingerprint density at radius 3 is 1.96 bits per heavy atom. The van der Waals surface area contributed by atoms with Crippen LogP contribution in [-0.4, -0.2) is 55.7 Å². The minimum Gasteiger partial charge on any atom is -0.505 e. The van der Waals surface area contributed by atoms with E-state index in [4.69, 9.17) is 34.8 Å². The Morgan fingerprint density at radius 2 is 1.39 bits per heavy atom. The maximum Gasteiger partial charge on any atom is 0.501 e. The van der Waals surface area contributed by atoms with Gasteiger partial charge in [-0.05, 0) is 65.4 Å². The van der Waals surface area contributed by atoms with E-state index in [9.17, 15) is 39.9 Å². The van der Waals surface area contributed by atoms with Crippen molar-refractivity contribution in [2.45, 2.75) is 56.1 Å². The molecule has 252 valence electrons. The SMILES string of the molecule is CC(C)CN(Cc1cc(Cl)cc(CN(CC(C)C)S(=O)(=O)c2cc(Cl)cc(Cl)c2O)c1)C(=O)c1cccc(S(=O)(=O)C(F)(F)F)c1. The summed E-state index contributed by atoms with van der Waals surface area (Å²) < 4.78 is 92.0. The number of hydrogen-bond acceptors (Lipinski definition) is 6. The molecule has 0 aliphatic heterocycles. The van der Waals surface area contributed by atoms with Crippen molar-refractivity contribution in [1.29, 1.82) is 0 Å². The van der Waals surface area contributed by atoms with Gasteiger partial charge in [-0.15, -0.1) is 0 Å². The number of carbonyl (C=O) groups excluding carboxylic acids is 1. The lowest BCUT2D eigenvalue weighted by Gasteiger charge is -2.27. The average Bonchev–Trinajstić information content (AvgIpc) is 2.92. The molecule has 8 nitrogen and oxygen atoms in total. The summed E-state index contributed by atoms with van der Waals surface area (Å²) in [4.78, 5) is 13.4. The van der Waals surface area contributed by atoms with Gasteiger partial charge < -0.3 is 10.0 Å². The number of amides is 1. The van der Waals surface area contributed by atoms with Crippen molar-refractivity contribution in [3.63, 3.8) is 0 Å². The van der Waals surface area contributed by atoms with Gasteiger partial charge in [0, 0.05) is 41.8 Å². The maximum atomic E-state index is 13.7. The Morgan fingerprint density at radius 1 is 0.826 bits per heavy atom. The second-order valence-corrected chi connectivity index (χ2v) is 16.6. The fraction of sp³-hybridized carbons (Fsp3) is 0.367. The molecule has 0 heterocycles. The molecule has 0 bridgehead atoms. The third kappa shape index (κ3) is 9.07. The van der Waals surface area contributed by atoms with E-state index in [1.165, 1.54) is 17.0 Å². The lowest BCUT2D eigenvalue weighted by atomic mass is 10.1. The smallest absolute Gasteiger partial charge is 0.501 e. The molecule has 1 amide bonds. The van der Waals surface area contributed by atoms with Gasteiger partial charge in [-0.2, -0.15) is 17.5 Å². The molecule has 0 unspecified atom stereocenters. The number of nitrogens with zero attached hydrogens (tertiary/aromatic N) is 2. The number of sulfonamides is 1. The number of carbonyl (C=O) groups is 1. The van der Waals surface area contributed by atoms with Crippen LogP contribution in [0.5, 0.6) is 5.75 Å². The molecule has 0 saturated carbocycles. The quantitative estimate of drug-likeness (QED) is 0.203. The van der Waals surface area contributed by atoms with E-state index in [1.54, 1.807) is 32.0 Å². The lowest BCUT2D eigenvalue weighted by molar-refractivity contribution is -0.0436. The van der Waals surface area contributed by atoms with E-state index in [0.29, 0.717) is 17.2 Å². The summed E-state index contributed by atoms with van der Waals surface area (Å²) in [6.07, 6.45) is 0. The molecule has 3 rings (SSSR count). The Kier molecular flexibility index (Phi) is 12.1. The third-order valence-electron chi connectivity index (χ3n) is 6.50. The van der Waals surface area contributed by atoms with Crippen LogP contribution >= 0.6 is 34.8 Å². The van der Waals surface area contributed by atoms with Crippen LogP contribution in [0, 0.1) is 11.8 Å². The number of sulfone groups is 1. The van der Waals surface area contributed by atoms with Crippen LogP contribution in [0.15, 0.2) is 64.4 Å². The number of alkyl halides is 3. The number of phenolic OH excluding ortho intramolecular Hbond substituents is 1. The first-order chi connectivity index (χ1) is 21.1. The van der Waals surface area contributed by atoms with Crippen LogP contribution in [0.2, 0.25) is 15.1 Å². The molecule has 0 aromatic heterocycles. The van der Waals surface area contributed by atoms with Gasteiger partial charge in [0.05, 0.1) is 9.92 Å². The molecular formula is C30H32Cl3F3N2O6S2. The van der Waals surface area contributed by atoms with Crippen molar-refractivity contribution in [3.05, 3.63) is 86.4 Å². The highest BCUT2D eigenvalue weighted by atomic mass is 35.5. The summed E-state index contributed by atoms with van der Waals surface area (Å²) in [7, 11) is -10.0. The topological polar surface area (TPSA) is 112 Å². The first kappa shape index (κ1) is 37.9. The van der Waals surface area contributed by atoms with Gasteiger partial charge in [-0.1, -0.05) is 74.6 Å². The van der Waals surface area contributed by atoms with E-state index in [1.807, 2.05) is 13.8 Å². The van der Waals surface area contributed by atoms with Crippen molar-refractivity contribution >= 4 is 60.6 Å². The summed E-state index contributed by atoms with van der Waals surface area (Å²) in [5.74, 6) is -1.59. The summed E-state index contributed by atoms with van der Waals surface area (Å²) >= 11 is 18.4. The van der Waals surface area contributed by atoms with Crippen LogP contribution in [0.1, 0.15) is 49.2 Å². The standard InChI is InChI=1S/C30H32Cl3F3N2O6S2/c1-18(2)14-37(29(40)22-6-5-7-25(11-22)45(41,42)30(34,35)36)16-20-8-21(10-23(31)9-20)17-38(15-19(3)4)46(43,44)27-13-24(32)12-26(33)28(27)39/h5-13,18-19,39H,14-17H2,1-4H3. The van der Waals surface area contributed by atoms with Gasteiger partial charge in [0.15, 0.2) is 5.75 Å². The maximum absolute atomic E-state index is 13.7. The molecule has 0 spiro atoms. The summed E-state index contributed by atoms with van der Waals surface area (Å²) in [6.45, 7) is 7.18. The lowest BCUT2D eigenvalue weighted by Crippen LogP contribution is -2.35. The zero-order chi connectivity index (χ0) is 34.8. The molecular weight excluding hydrogens is 712 g/mol. The Bertz CT molecular complexity index is 1820. The average molecular weight is 744 g/mol. The normalized spacial score (nSPS) is 12.7. The molecule has 0 aliphatic rings. The van der Waals surface area contributed by atoms with Crippen LogP contribution < -0.4 is 0 Å². The van der Waals surface area contributed by atoms with Gasteiger partial charge in [0.1, 0.15) is 4.90 Å². The van der Waals surface area contributed by atoms with E-state index in [-0.39, 0.29) is 58.6 Å². The van der Waals surface area contributed by atoms with Gasteiger partial charge in [0.2, 0.25) is 10.0 Å². The molecule has 3 aromatic rings. The molecule has 0 fully saturated rings. The summed E-state index contributed by atoms with van der Waals surface area (Å²) in [6, 6.07) is 10.8. The molecule has 0 atom stereocenters. The van der Waals surface area contributed by atoms with Crippen molar-refractivity contribution in [1.82, 2.24) is 9.21 Å². The number of rotatable bonds is 12. The van der Waals surface area contributed by atoms with Crippen LogP contribution in [0.25, 0.3) is 0 Å². The monoisotopic (exact) mass is 742 g/mol. The fourth-order valence-corrected chi connectivity index (χ4v) is 8.05. The van der Waals surface area contributed by atoms with Gasteiger partial charge in [-0.25, -0.2) is 16.8 Å². The Labute approximate surface area is 281 Å². The number of phenols is 1. The van der Waals surface area contributed by atoms with E-state index in [0.717, 1.165) is 22.5 Å². The fourth-order valence-electron chi connectivity index (χ4n) is 4.63. The Hall–Kier alpha value is -2.55. The van der Waals surface area contributed by atoms with Crippen molar-refractivity contribution < 1.29 is 39.9 Å². The minimum atomic E-state index is -5.68. The predicted molar refractivity (Wildman–Crippen MR) is 171 cm³/mol. The largest absolute Gasteiger partial charge is 0.505 e. The molecule has 1 N–H and O–H groups in total. The first-order valence-corrected chi connectivity index (χ1v) is 17.9. The van der Waals surface area contributed by atoms with Crippen molar-refractivity contribution in [2.24, 2.45) is 11.8 Å². The molecule has 16 heteroatoms. The van der Waals surface area contributed by atoms with Crippen molar-refractivity contribution in [2.75, 3.05) is 13.1 Å². The number of aromatic hydroxyl groups is 1. The van der Waals surface area contributed by atoms with Crippen LogP contribution in [0.4, 0.5) is 13.2 Å². The molecule has 0 saturated heterocycles. The van der Waals surface area contributed by atoms with Gasteiger partial charge >= 0.3 is 5.51 Å². The van der Waals surface area contributed by atoms with Gasteiger partial charge in [0.25, 0.3) is 15.7 Å². The summed E-state index contributed by atoms with van der Waals surface area (Å²) in [5, 5.41) is 10.5. The summed E-state index contributed by atoms with van der Waals surface area (Å²) in [5.41, 5.74) is -4.89. The number of halogens is 6. The van der Waals surface area contributed by atoms with Crippen LogP contribution in [-0.2, 0) is 33.0 Å². The second-order valence-electron chi connectivity index (χ2n) is 11.5.